The molecule has 3 nitrogen and oxygen atoms in total. The van der Waals surface area contributed by atoms with E-state index in [1.165, 1.54) is 0 Å². The van der Waals surface area contributed by atoms with Gasteiger partial charge in [0.1, 0.15) is 6.10 Å². The number of hydrogen-bond donors (Lipinski definition) is 3. The lowest BCUT2D eigenvalue weighted by Gasteiger charge is -2.16. The fourth-order valence-electron chi connectivity index (χ4n) is 1.17. The lowest BCUT2D eigenvalue weighted by Crippen LogP contribution is -2.18. The number of hydrogen-bond acceptors (Lipinski definition) is 4. The van der Waals surface area contributed by atoms with Gasteiger partial charge in [-0.2, -0.15) is 12.6 Å². The molecular weight excluding hydrogens is 198 g/mol. The standard InChI is InChI=1S/C10H15NO2S/c1-7-2-3-8(6-11-7)10(13)9(12)4-5-14/h2-3,6,9-10,12-14H,4-5H2,1H3. The molecule has 1 heterocycles. The van der Waals surface area contributed by atoms with Crippen LogP contribution in [0.3, 0.4) is 0 Å². The third-order valence-corrected chi connectivity index (χ3v) is 2.32. The average Bonchev–Trinajstić information content (AvgIpc) is 2.18. The Labute approximate surface area is 89.2 Å². The highest BCUT2D eigenvalue weighted by molar-refractivity contribution is 7.80. The van der Waals surface area contributed by atoms with Crippen LogP contribution in [0.4, 0.5) is 0 Å². The molecule has 0 aliphatic rings. The fourth-order valence-corrected chi connectivity index (χ4v) is 1.43. The second-order valence-corrected chi connectivity index (χ2v) is 3.70. The Hall–Kier alpha value is -0.580. The SMILES string of the molecule is Cc1ccc(C(O)C(O)CCS)cn1. The van der Waals surface area contributed by atoms with Crippen molar-refractivity contribution in [2.75, 3.05) is 5.75 Å². The summed E-state index contributed by atoms with van der Waals surface area (Å²) in [6, 6.07) is 3.58. The molecule has 0 aliphatic carbocycles. The van der Waals surface area contributed by atoms with Crippen molar-refractivity contribution in [3.8, 4) is 0 Å². The highest BCUT2D eigenvalue weighted by Gasteiger charge is 2.17. The van der Waals surface area contributed by atoms with E-state index in [4.69, 9.17) is 0 Å². The van der Waals surface area contributed by atoms with Crippen LogP contribution in [0.25, 0.3) is 0 Å². The Morgan fingerprint density at radius 2 is 2.14 bits per heavy atom. The van der Waals surface area contributed by atoms with E-state index in [0.717, 1.165) is 5.69 Å². The summed E-state index contributed by atoms with van der Waals surface area (Å²) in [5, 5.41) is 19.2. The molecule has 0 aromatic carbocycles. The van der Waals surface area contributed by atoms with Gasteiger partial charge in [-0.15, -0.1) is 0 Å². The van der Waals surface area contributed by atoms with E-state index >= 15 is 0 Å². The molecule has 2 N–H and O–H groups in total. The van der Waals surface area contributed by atoms with E-state index in [2.05, 4.69) is 17.6 Å². The Morgan fingerprint density at radius 1 is 1.43 bits per heavy atom. The van der Waals surface area contributed by atoms with Crippen molar-refractivity contribution in [2.24, 2.45) is 0 Å². The van der Waals surface area contributed by atoms with Crippen LogP contribution >= 0.6 is 12.6 Å². The number of pyridine rings is 1. The van der Waals surface area contributed by atoms with Crippen LogP contribution < -0.4 is 0 Å². The van der Waals surface area contributed by atoms with Crippen molar-refractivity contribution in [1.82, 2.24) is 4.98 Å². The Kier molecular flexibility index (Phi) is 4.38. The smallest absolute Gasteiger partial charge is 0.106 e. The van der Waals surface area contributed by atoms with Gasteiger partial charge in [-0.25, -0.2) is 0 Å². The zero-order chi connectivity index (χ0) is 10.6. The van der Waals surface area contributed by atoms with Crippen LogP contribution in [-0.2, 0) is 0 Å². The Bertz CT molecular complexity index is 276. The summed E-state index contributed by atoms with van der Waals surface area (Å²) in [5.41, 5.74) is 1.54. The number of aliphatic hydroxyl groups excluding tert-OH is 2. The van der Waals surface area contributed by atoms with Crippen LogP contribution in [0, 0.1) is 6.92 Å². The van der Waals surface area contributed by atoms with E-state index in [1.54, 1.807) is 12.3 Å². The van der Waals surface area contributed by atoms with Crippen molar-refractivity contribution >= 4 is 12.6 Å². The molecule has 0 amide bonds. The van der Waals surface area contributed by atoms with Gasteiger partial charge in [0.15, 0.2) is 0 Å². The quantitative estimate of drug-likeness (QED) is 0.657. The lowest BCUT2D eigenvalue weighted by molar-refractivity contribution is 0.0170. The fraction of sp³-hybridized carbons (Fsp3) is 0.500. The van der Waals surface area contributed by atoms with Gasteiger partial charge in [0.25, 0.3) is 0 Å². The third kappa shape index (κ3) is 2.97. The zero-order valence-electron chi connectivity index (χ0n) is 8.09. The Morgan fingerprint density at radius 3 is 2.64 bits per heavy atom. The summed E-state index contributed by atoms with van der Waals surface area (Å²) in [5.74, 6) is 0.553. The molecule has 1 aromatic heterocycles. The van der Waals surface area contributed by atoms with Gasteiger partial charge in [0, 0.05) is 17.5 Å². The number of aliphatic hydroxyl groups is 2. The average molecular weight is 213 g/mol. The van der Waals surface area contributed by atoms with Crippen LogP contribution in [0.15, 0.2) is 18.3 Å². The molecule has 0 radical (unpaired) electrons. The maximum absolute atomic E-state index is 9.69. The first-order chi connectivity index (χ1) is 6.65. The van der Waals surface area contributed by atoms with Gasteiger partial charge in [0.05, 0.1) is 6.10 Å². The number of rotatable bonds is 4. The predicted molar refractivity (Wildman–Crippen MR) is 58.4 cm³/mol. The van der Waals surface area contributed by atoms with Gasteiger partial charge in [-0.3, -0.25) is 4.98 Å². The third-order valence-electron chi connectivity index (χ3n) is 2.07. The molecule has 0 aliphatic heterocycles. The van der Waals surface area contributed by atoms with Crippen molar-refractivity contribution in [3.63, 3.8) is 0 Å². The minimum Gasteiger partial charge on any atom is -0.390 e. The second kappa shape index (κ2) is 5.34. The molecule has 0 spiro atoms. The Balaban J connectivity index is 2.68. The van der Waals surface area contributed by atoms with E-state index < -0.39 is 12.2 Å². The van der Waals surface area contributed by atoms with E-state index in [0.29, 0.717) is 17.7 Å². The minimum absolute atomic E-state index is 0.470. The molecule has 0 fully saturated rings. The predicted octanol–water partition coefficient (Wildman–Crippen LogP) is 1.10. The van der Waals surface area contributed by atoms with Gasteiger partial charge in [0.2, 0.25) is 0 Å². The number of nitrogens with zero attached hydrogens (tertiary/aromatic N) is 1. The normalized spacial score (nSPS) is 15.1. The molecular formula is C10H15NO2S. The maximum atomic E-state index is 9.69. The molecule has 0 saturated heterocycles. The highest BCUT2D eigenvalue weighted by atomic mass is 32.1. The topological polar surface area (TPSA) is 53.4 Å². The summed E-state index contributed by atoms with van der Waals surface area (Å²) >= 11 is 4.00. The highest BCUT2D eigenvalue weighted by Crippen LogP contribution is 2.18. The van der Waals surface area contributed by atoms with Crippen LogP contribution in [0.1, 0.15) is 23.8 Å². The molecule has 2 unspecified atom stereocenters. The molecule has 1 aromatic rings. The summed E-state index contributed by atoms with van der Waals surface area (Å²) in [4.78, 5) is 4.05. The first-order valence-corrected chi connectivity index (χ1v) is 5.18. The number of aromatic nitrogens is 1. The second-order valence-electron chi connectivity index (χ2n) is 3.26. The minimum atomic E-state index is -0.866. The molecule has 2 atom stereocenters. The van der Waals surface area contributed by atoms with Gasteiger partial charge in [-0.1, -0.05) is 6.07 Å². The summed E-state index contributed by atoms with van der Waals surface area (Å²) in [6.45, 7) is 1.88. The van der Waals surface area contributed by atoms with Gasteiger partial charge >= 0.3 is 0 Å². The summed E-state index contributed by atoms with van der Waals surface area (Å²) < 4.78 is 0. The van der Waals surface area contributed by atoms with Crippen molar-refractivity contribution in [1.29, 1.82) is 0 Å². The van der Waals surface area contributed by atoms with E-state index in [1.807, 2.05) is 13.0 Å². The summed E-state index contributed by atoms with van der Waals surface area (Å²) in [7, 11) is 0. The van der Waals surface area contributed by atoms with Crippen LogP contribution in [-0.4, -0.2) is 27.1 Å². The molecule has 1 rings (SSSR count). The number of aryl methyl sites for hydroxylation is 1. The molecule has 14 heavy (non-hydrogen) atoms. The van der Waals surface area contributed by atoms with Gasteiger partial charge < -0.3 is 10.2 Å². The van der Waals surface area contributed by atoms with Crippen molar-refractivity contribution in [2.45, 2.75) is 25.6 Å². The maximum Gasteiger partial charge on any atom is 0.106 e. The van der Waals surface area contributed by atoms with Crippen molar-refractivity contribution < 1.29 is 10.2 Å². The van der Waals surface area contributed by atoms with Gasteiger partial charge in [-0.05, 0) is 25.2 Å². The van der Waals surface area contributed by atoms with E-state index in [9.17, 15) is 10.2 Å². The monoisotopic (exact) mass is 213 g/mol. The molecule has 4 heteroatoms. The lowest BCUT2D eigenvalue weighted by atomic mass is 10.0. The first kappa shape index (κ1) is 11.5. The zero-order valence-corrected chi connectivity index (χ0v) is 8.98. The van der Waals surface area contributed by atoms with Crippen LogP contribution in [0.5, 0.6) is 0 Å². The van der Waals surface area contributed by atoms with Crippen LogP contribution in [0.2, 0.25) is 0 Å². The molecule has 0 saturated carbocycles. The van der Waals surface area contributed by atoms with E-state index in [-0.39, 0.29) is 0 Å². The summed E-state index contributed by atoms with van der Waals surface area (Å²) in [6.07, 6.45) is 0.423. The molecule has 78 valence electrons. The number of thiol groups is 1. The molecule has 0 bridgehead atoms. The largest absolute Gasteiger partial charge is 0.390 e. The first-order valence-electron chi connectivity index (χ1n) is 4.54. The van der Waals surface area contributed by atoms with Crippen molar-refractivity contribution in [3.05, 3.63) is 29.6 Å².